The van der Waals surface area contributed by atoms with Gasteiger partial charge >= 0.3 is 0 Å². The highest BCUT2D eigenvalue weighted by Gasteiger charge is 2.49. The van der Waals surface area contributed by atoms with Gasteiger partial charge in [0.15, 0.2) is 0 Å². The number of hydrogen-bond donors (Lipinski definition) is 1. The summed E-state index contributed by atoms with van der Waals surface area (Å²) in [6.45, 7) is 14.3. The Balaban J connectivity index is 1.90. The van der Waals surface area contributed by atoms with Crippen LogP contribution in [0.2, 0.25) is 0 Å². The molecule has 0 amide bonds. The van der Waals surface area contributed by atoms with E-state index in [0.717, 1.165) is 13.0 Å². The van der Waals surface area contributed by atoms with Crippen LogP contribution in [0, 0.1) is 18.3 Å². The topological polar surface area (TPSA) is 21.3 Å². The van der Waals surface area contributed by atoms with Crippen LogP contribution in [0.25, 0.3) is 0 Å². The molecule has 2 nitrogen and oxygen atoms in total. The highest BCUT2D eigenvalue weighted by Crippen LogP contribution is 2.43. The first-order valence-electron chi connectivity index (χ1n) is 8.25. The van der Waals surface area contributed by atoms with Gasteiger partial charge in [0.1, 0.15) is 0 Å². The Morgan fingerprint density at radius 2 is 2.00 bits per heavy atom. The van der Waals surface area contributed by atoms with Crippen LogP contribution in [-0.2, 0) is 4.74 Å². The average Bonchev–Trinajstić information content (AvgIpc) is 2.41. The van der Waals surface area contributed by atoms with Crippen molar-refractivity contribution in [2.24, 2.45) is 11.3 Å². The maximum atomic E-state index is 6.05. The standard InChI is InChI=1S/C19H31NO/c1-13(2)12-21-18-11-17(19(18,5)6)20-15(4)16-9-7-8-14(3)10-16/h7-10,13,15,17-18,20H,11-12H2,1-6H3/t15-,17?,18?/m0/s1. The minimum absolute atomic E-state index is 0.215. The van der Waals surface area contributed by atoms with E-state index in [2.05, 4.69) is 71.1 Å². The number of benzene rings is 1. The first-order valence-corrected chi connectivity index (χ1v) is 8.25. The summed E-state index contributed by atoms with van der Waals surface area (Å²) in [5.41, 5.74) is 2.91. The summed E-state index contributed by atoms with van der Waals surface area (Å²) in [6, 6.07) is 9.70. The molecule has 2 rings (SSSR count). The van der Waals surface area contributed by atoms with Crippen LogP contribution >= 0.6 is 0 Å². The zero-order valence-corrected chi connectivity index (χ0v) is 14.4. The monoisotopic (exact) mass is 289 g/mol. The smallest absolute Gasteiger partial charge is 0.0656 e. The largest absolute Gasteiger partial charge is 0.377 e. The fourth-order valence-corrected chi connectivity index (χ4v) is 3.10. The zero-order chi connectivity index (χ0) is 15.6. The second-order valence-electron chi connectivity index (χ2n) is 7.63. The second-order valence-corrected chi connectivity index (χ2v) is 7.63. The van der Waals surface area contributed by atoms with E-state index in [1.54, 1.807) is 0 Å². The predicted octanol–water partition coefficient (Wildman–Crippen LogP) is 4.49. The van der Waals surface area contributed by atoms with Crippen molar-refractivity contribution in [1.82, 2.24) is 5.32 Å². The Morgan fingerprint density at radius 3 is 2.57 bits per heavy atom. The molecule has 1 N–H and O–H groups in total. The van der Waals surface area contributed by atoms with Crippen molar-refractivity contribution in [3.63, 3.8) is 0 Å². The lowest BCUT2D eigenvalue weighted by Crippen LogP contribution is -2.61. The molecule has 0 heterocycles. The third-order valence-electron chi connectivity index (χ3n) is 4.80. The molecule has 0 bridgehead atoms. The molecule has 21 heavy (non-hydrogen) atoms. The Kier molecular flexibility index (Phi) is 5.11. The Morgan fingerprint density at radius 1 is 1.29 bits per heavy atom. The third kappa shape index (κ3) is 3.87. The van der Waals surface area contributed by atoms with E-state index in [9.17, 15) is 0 Å². The molecule has 0 spiro atoms. The fraction of sp³-hybridized carbons (Fsp3) is 0.684. The molecule has 1 saturated carbocycles. The normalized spacial score (nSPS) is 25.7. The molecule has 3 atom stereocenters. The highest BCUT2D eigenvalue weighted by molar-refractivity contribution is 5.25. The highest BCUT2D eigenvalue weighted by atomic mass is 16.5. The third-order valence-corrected chi connectivity index (χ3v) is 4.80. The fourth-order valence-electron chi connectivity index (χ4n) is 3.10. The van der Waals surface area contributed by atoms with E-state index >= 15 is 0 Å². The SMILES string of the molecule is Cc1cccc([C@H](C)NC2CC(OCC(C)C)C2(C)C)c1. The number of hydrogen-bond acceptors (Lipinski definition) is 2. The molecule has 2 heteroatoms. The Labute approximate surface area is 130 Å². The van der Waals surface area contributed by atoms with Crippen molar-refractivity contribution in [1.29, 1.82) is 0 Å². The summed E-state index contributed by atoms with van der Waals surface area (Å²) >= 11 is 0. The number of nitrogens with one attached hydrogen (secondary N) is 1. The van der Waals surface area contributed by atoms with Crippen LogP contribution in [0.1, 0.15) is 58.2 Å². The van der Waals surface area contributed by atoms with Crippen LogP contribution in [-0.4, -0.2) is 18.8 Å². The summed E-state index contributed by atoms with van der Waals surface area (Å²) < 4.78 is 6.05. The summed E-state index contributed by atoms with van der Waals surface area (Å²) in [7, 11) is 0. The van der Waals surface area contributed by atoms with E-state index in [0.29, 0.717) is 24.1 Å². The molecule has 1 aliphatic rings. The van der Waals surface area contributed by atoms with Crippen molar-refractivity contribution in [3.8, 4) is 0 Å². The van der Waals surface area contributed by atoms with Gasteiger partial charge in [-0.25, -0.2) is 0 Å². The van der Waals surface area contributed by atoms with Crippen molar-refractivity contribution in [2.75, 3.05) is 6.61 Å². The maximum absolute atomic E-state index is 6.05. The van der Waals surface area contributed by atoms with Gasteiger partial charge in [0.05, 0.1) is 6.10 Å². The van der Waals surface area contributed by atoms with Gasteiger partial charge in [-0.1, -0.05) is 57.5 Å². The van der Waals surface area contributed by atoms with Crippen LogP contribution in [0.15, 0.2) is 24.3 Å². The van der Waals surface area contributed by atoms with Gasteiger partial charge in [-0.3, -0.25) is 0 Å². The van der Waals surface area contributed by atoms with E-state index in [1.165, 1.54) is 11.1 Å². The summed E-state index contributed by atoms with van der Waals surface area (Å²) in [5.74, 6) is 0.610. The van der Waals surface area contributed by atoms with Gasteiger partial charge in [0, 0.05) is 24.1 Å². The lowest BCUT2D eigenvalue weighted by molar-refractivity contribution is -0.125. The minimum Gasteiger partial charge on any atom is -0.377 e. The summed E-state index contributed by atoms with van der Waals surface area (Å²) in [5, 5.41) is 3.79. The second kappa shape index (κ2) is 6.50. The van der Waals surface area contributed by atoms with Crippen molar-refractivity contribution >= 4 is 0 Å². The first kappa shape index (κ1) is 16.5. The van der Waals surface area contributed by atoms with Gasteiger partial charge < -0.3 is 10.1 Å². The predicted molar refractivity (Wildman–Crippen MR) is 89.5 cm³/mol. The van der Waals surface area contributed by atoms with Gasteiger partial charge in [0.25, 0.3) is 0 Å². The molecule has 118 valence electrons. The van der Waals surface area contributed by atoms with Gasteiger partial charge in [-0.2, -0.15) is 0 Å². The lowest BCUT2D eigenvalue weighted by atomic mass is 9.64. The van der Waals surface area contributed by atoms with Gasteiger partial charge in [0.2, 0.25) is 0 Å². The van der Waals surface area contributed by atoms with E-state index in [-0.39, 0.29) is 5.41 Å². The molecule has 2 unspecified atom stereocenters. The average molecular weight is 289 g/mol. The van der Waals surface area contributed by atoms with E-state index < -0.39 is 0 Å². The Bertz CT molecular complexity index is 466. The van der Waals surface area contributed by atoms with Crippen LogP contribution in [0.5, 0.6) is 0 Å². The molecule has 0 radical (unpaired) electrons. The van der Waals surface area contributed by atoms with Crippen LogP contribution < -0.4 is 5.32 Å². The molecule has 0 aliphatic heterocycles. The molecule has 1 aromatic rings. The molecule has 1 fully saturated rings. The van der Waals surface area contributed by atoms with Crippen molar-refractivity contribution < 1.29 is 4.74 Å². The molecular weight excluding hydrogens is 258 g/mol. The van der Waals surface area contributed by atoms with Gasteiger partial charge in [-0.05, 0) is 31.7 Å². The minimum atomic E-state index is 0.215. The van der Waals surface area contributed by atoms with Crippen LogP contribution in [0.3, 0.4) is 0 Å². The molecule has 0 saturated heterocycles. The Hall–Kier alpha value is -0.860. The maximum Gasteiger partial charge on any atom is 0.0656 e. The zero-order valence-electron chi connectivity index (χ0n) is 14.4. The molecular formula is C19H31NO. The van der Waals surface area contributed by atoms with Crippen molar-refractivity contribution in [2.45, 2.75) is 66.2 Å². The summed E-state index contributed by atoms with van der Waals surface area (Å²) in [6.07, 6.45) is 1.51. The molecule has 0 aromatic heterocycles. The number of ether oxygens (including phenoxy) is 1. The number of aryl methyl sites for hydroxylation is 1. The quantitative estimate of drug-likeness (QED) is 0.833. The molecule has 1 aromatic carbocycles. The van der Waals surface area contributed by atoms with Crippen molar-refractivity contribution in [3.05, 3.63) is 35.4 Å². The summed E-state index contributed by atoms with van der Waals surface area (Å²) in [4.78, 5) is 0. The van der Waals surface area contributed by atoms with Gasteiger partial charge in [-0.15, -0.1) is 0 Å². The molecule has 1 aliphatic carbocycles. The number of rotatable bonds is 6. The van der Waals surface area contributed by atoms with E-state index in [1.807, 2.05) is 0 Å². The first-order chi connectivity index (χ1) is 9.80. The van der Waals surface area contributed by atoms with E-state index in [4.69, 9.17) is 4.74 Å². The lowest BCUT2D eigenvalue weighted by Gasteiger charge is -2.53. The van der Waals surface area contributed by atoms with Crippen LogP contribution in [0.4, 0.5) is 0 Å².